The molecule has 36 heavy (non-hydrogen) atoms. The van der Waals surface area contributed by atoms with Crippen molar-refractivity contribution in [2.24, 2.45) is 0 Å². The van der Waals surface area contributed by atoms with Crippen LogP contribution >= 0.6 is 0 Å². The second kappa shape index (κ2) is 9.19. The predicted molar refractivity (Wildman–Crippen MR) is 137 cm³/mol. The minimum atomic E-state index is -0.877. The van der Waals surface area contributed by atoms with Gasteiger partial charge in [-0.2, -0.15) is 0 Å². The Morgan fingerprint density at radius 1 is 1.00 bits per heavy atom. The summed E-state index contributed by atoms with van der Waals surface area (Å²) in [7, 11) is 0. The number of rotatable bonds is 5. The molecule has 1 amide bonds. The van der Waals surface area contributed by atoms with E-state index in [1.165, 1.54) is 11.8 Å². The molecule has 1 aliphatic rings. The summed E-state index contributed by atoms with van der Waals surface area (Å²) < 4.78 is 5.14. The monoisotopic (exact) mass is 480 g/mol. The van der Waals surface area contributed by atoms with Crippen LogP contribution in [0.15, 0.2) is 84.6 Å². The molecule has 4 aromatic rings. The SMILES string of the molecule is CCc1ccc(N2C(=O)C(=O)/C(=C(\O)c3c[nH]c4ccccc34)C2c2ccc(OC(C)=O)cc2)cc1. The number of hydrogen-bond donors (Lipinski definition) is 2. The Balaban J connectivity index is 1.69. The maximum Gasteiger partial charge on any atom is 0.308 e. The van der Waals surface area contributed by atoms with Gasteiger partial charge in [0.2, 0.25) is 0 Å². The third-order valence-corrected chi connectivity index (χ3v) is 6.37. The number of aliphatic hydroxyl groups is 1. The molecule has 1 saturated heterocycles. The molecule has 1 unspecified atom stereocenters. The lowest BCUT2D eigenvalue weighted by atomic mass is 9.95. The highest BCUT2D eigenvalue weighted by molar-refractivity contribution is 6.51. The van der Waals surface area contributed by atoms with E-state index in [1.807, 2.05) is 43.3 Å². The zero-order valence-corrected chi connectivity index (χ0v) is 19.8. The molecule has 2 N–H and O–H groups in total. The molecule has 7 nitrogen and oxygen atoms in total. The van der Waals surface area contributed by atoms with Gasteiger partial charge in [-0.3, -0.25) is 19.3 Å². The molecule has 1 aliphatic heterocycles. The van der Waals surface area contributed by atoms with E-state index in [0.717, 1.165) is 22.9 Å². The summed E-state index contributed by atoms with van der Waals surface area (Å²) >= 11 is 0. The number of ketones is 1. The Hall–Kier alpha value is -4.65. The Kier molecular flexibility index (Phi) is 5.90. The number of carbonyl (C=O) groups excluding carboxylic acids is 3. The smallest absolute Gasteiger partial charge is 0.308 e. The second-order valence-electron chi connectivity index (χ2n) is 8.60. The van der Waals surface area contributed by atoms with E-state index < -0.39 is 23.7 Å². The molecule has 0 bridgehead atoms. The Morgan fingerprint density at radius 3 is 2.36 bits per heavy atom. The van der Waals surface area contributed by atoms with Gasteiger partial charge in [0.05, 0.1) is 11.6 Å². The topological polar surface area (TPSA) is 99.7 Å². The largest absolute Gasteiger partial charge is 0.507 e. The lowest BCUT2D eigenvalue weighted by Crippen LogP contribution is -2.29. The molecule has 0 aliphatic carbocycles. The van der Waals surface area contributed by atoms with Crippen LogP contribution < -0.4 is 9.64 Å². The first-order valence-corrected chi connectivity index (χ1v) is 11.6. The van der Waals surface area contributed by atoms with Gasteiger partial charge < -0.3 is 14.8 Å². The van der Waals surface area contributed by atoms with Crippen molar-refractivity contribution in [1.29, 1.82) is 0 Å². The van der Waals surface area contributed by atoms with Crippen molar-refractivity contribution >= 4 is 40.0 Å². The van der Waals surface area contributed by atoms with Crippen LogP contribution in [0.5, 0.6) is 5.75 Å². The van der Waals surface area contributed by atoms with Crippen LogP contribution in [-0.4, -0.2) is 27.8 Å². The summed E-state index contributed by atoms with van der Waals surface area (Å²) in [5, 5.41) is 12.2. The van der Waals surface area contributed by atoms with Crippen LogP contribution in [0.25, 0.3) is 16.7 Å². The van der Waals surface area contributed by atoms with Crippen molar-refractivity contribution in [3.05, 3.63) is 101 Å². The highest BCUT2D eigenvalue weighted by Gasteiger charge is 2.47. The van der Waals surface area contributed by atoms with Gasteiger partial charge in [0.1, 0.15) is 11.5 Å². The minimum Gasteiger partial charge on any atom is -0.507 e. The number of para-hydroxylation sites is 1. The second-order valence-corrected chi connectivity index (χ2v) is 8.60. The molecule has 3 aromatic carbocycles. The number of carbonyl (C=O) groups is 3. The van der Waals surface area contributed by atoms with Crippen molar-refractivity contribution in [2.45, 2.75) is 26.3 Å². The molecule has 0 radical (unpaired) electrons. The fourth-order valence-corrected chi connectivity index (χ4v) is 4.60. The molecule has 180 valence electrons. The fraction of sp³-hybridized carbons (Fsp3) is 0.138. The number of aromatic amines is 1. The van der Waals surface area contributed by atoms with Gasteiger partial charge in [0, 0.05) is 35.3 Å². The zero-order valence-electron chi connectivity index (χ0n) is 19.8. The van der Waals surface area contributed by atoms with E-state index in [1.54, 1.807) is 42.6 Å². The molecule has 5 rings (SSSR count). The third-order valence-electron chi connectivity index (χ3n) is 6.37. The number of hydrogen-bond acceptors (Lipinski definition) is 5. The number of benzene rings is 3. The van der Waals surface area contributed by atoms with Crippen LogP contribution in [0.1, 0.15) is 36.6 Å². The molecule has 7 heteroatoms. The van der Waals surface area contributed by atoms with Gasteiger partial charge in [0.25, 0.3) is 11.7 Å². The van der Waals surface area contributed by atoms with Crippen LogP contribution in [0.2, 0.25) is 0 Å². The number of nitrogens with one attached hydrogen (secondary N) is 1. The molecular weight excluding hydrogens is 456 g/mol. The average molecular weight is 481 g/mol. The summed E-state index contributed by atoms with van der Waals surface area (Å²) in [4.78, 5) is 42.6. The number of nitrogens with zero attached hydrogens (tertiary/aromatic N) is 1. The maximum absolute atomic E-state index is 13.4. The first-order chi connectivity index (χ1) is 17.4. The molecule has 2 heterocycles. The number of H-pyrrole nitrogens is 1. The van der Waals surface area contributed by atoms with Crippen LogP contribution in [0.3, 0.4) is 0 Å². The molecule has 0 saturated carbocycles. The molecule has 1 aromatic heterocycles. The average Bonchev–Trinajstić information content (AvgIpc) is 3.43. The molecule has 1 fully saturated rings. The van der Waals surface area contributed by atoms with Crippen molar-refractivity contribution in [1.82, 2.24) is 4.98 Å². The van der Waals surface area contributed by atoms with E-state index in [0.29, 0.717) is 22.6 Å². The molecular formula is C29H24N2O5. The highest BCUT2D eigenvalue weighted by atomic mass is 16.5. The highest BCUT2D eigenvalue weighted by Crippen LogP contribution is 2.43. The first kappa shape index (κ1) is 23.1. The van der Waals surface area contributed by atoms with Crippen molar-refractivity contribution in [3.63, 3.8) is 0 Å². The summed E-state index contributed by atoms with van der Waals surface area (Å²) in [5.74, 6) is -1.87. The quantitative estimate of drug-likeness (QED) is 0.133. The maximum atomic E-state index is 13.4. The van der Waals surface area contributed by atoms with E-state index in [-0.39, 0.29) is 11.3 Å². The number of aliphatic hydroxyl groups excluding tert-OH is 1. The van der Waals surface area contributed by atoms with Crippen molar-refractivity contribution in [2.75, 3.05) is 4.90 Å². The summed E-state index contributed by atoms with van der Waals surface area (Å²) in [6.07, 6.45) is 2.46. The lowest BCUT2D eigenvalue weighted by Gasteiger charge is -2.25. The minimum absolute atomic E-state index is 0.00967. The fourth-order valence-electron chi connectivity index (χ4n) is 4.60. The summed E-state index contributed by atoms with van der Waals surface area (Å²) in [6.45, 7) is 3.34. The van der Waals surface area contributed by atoms with E-state index in [9.17, 15) is 19.5 Å². The van der Waals surface area contributed by atoms with Crippen LogP contribution in [0, 0.1) is 0 Å². The normalized spacial score (nSPS) is 17.1. The molecule has 1 atom stereocenters. The number of esters is 1. The van der Waals surface area contributed by atoms with Gasteiger partial charge >= 0.3 is 5.97 Å². The number of amides is 1. The first-order valence-electron chi connectivity index (χ1n) is 11.6. The summed E-state index contributed by atoms with van der Waals surface area (Å²) in [5.41, 5.74) is 3.45. The zero-order chi connectivity index (χ0) is 25.4. The van der Waals surface area contributed by atoms with Gasteiger partial charge in [-0.25, -0.2) is 0 Å². The van der Waals surface area contributed by atoms with Gasteiger partial charge in [0.15, 0.2) is 0 Å². The Labute approximate surface area is 207 Å². The number of ether oxygens (including phenoxy) is 1. The summed E-state index contributed by atoms with van der Waals surface area (Å²) in [6, 6.07) is 20.5. The van der Waals surface area contributed by atoms with E-state index >= 15 is 0 Å². The molecule has 0 spiro atoms. The van der Waals surface area contributed by atoms with Crippen molar-refractivity contribution in [3.8, 4) is 5.75 Å². The number of anilines is 1. The number of fused-ring (bicyclic) bond motifs is 1. The third kappa shape index (κ3) is 3.94. The Morgan fingerprint density at radius 2 is 1.69 bits per heavy atom. The predicted octanol–water partition coefficient (Wildman–Crippen LogP) is 5.28. The van der Waals surface area contributed by atoms with Gasteiger partial charge in [-0.05, 0) is 47.9 Å². The van der Waals surface area contributed by atoms with E-state index in [2.05, 4.69) is 4.98 Å². The van der Waals surface area contributed by atoms with Gasteiger partial charge in [-0.1, -0.05) is 49.4 Å². The van der Waals surface area contributed by atoms with E-state index in [4.69, 9.17) is 4.74 Å². The standard InChI is InChI=1S/C29H24N2O5/c1-3-18-8-12-20(13-9-18)31-26(19-10-14-21(15-11-19)36-17(2)32)25(28(34)29(31)35)27(33)23-16-30-24-7-5-4-6-22(23)24/h4-16,26,30,33H,3H2,1-2H3/b27-25-. The van der Waals surface area contributed by atoms with Crippen molar-refractivity contribution < 1.29 is 24.2 Å². The van der Waals surface area contributed by atoms with Gasteiger partial charge in [-0.15, -0.1) is 0 Å². The number of Topliss-reactive ketones (excluding diaryl/α,β-unsaturated/α-hetero) is 1. The lowest BCUT2D eigenvalue weighted by molar-refractivity contribution is -0.132. The van der Waals surface area contributed by atoms with Crippen LogP contribution in [-0.2, 0) is 20.8 Å². The Bertz CT molecular complexity index is 1510. The number of aromatic nitrogens is 1. The number of aryl methyl sites for hydroxylation is 1. The van der Waals surface area contributed by atoms with Crippen LogP contribution in [0.4, 0.5) is 5.69 Å².